The molecule has 0 amide bonds. The van der Waals surface area contributed by atoms with E-state index in [4.69, 9.17) is 4.74 Å². The van der Waals surface area contributed by atoms with Crippen LogP contribution in [0, 0.1) is 6.92 Å². The molecule has 0 saturated carbocycles. The Bertz CT molecular complexity index is 307. The minimum absolute atomic E-state index is 0.865. The van der Waals surface area contributed by atoms with Crippen LogP contribution in [0.15, 0.2) is 16.6 Å². The Morgan fingerprint density at radius 2 is 2.25 bits per heavy atom. The van der Waals surface area contributed by atoms with Crippen LogP contribution in [-0.2, 0) is 6.42 Å². The molecule has 0 fully saturated rings. The van der Waals surface area contributed by atoms with Crippen molar-refractivity contribution in [2.24, 2.45) is 0 Å². The lowest BCUT2D eigenvalue weighted by Crippen LogP contribution is -2.09. The summed E-state index contributed by atoms with van der Waals surface area (Å²) < 4.78 is 6.75. The number of rotatable bonds is 0. The predicted octanol–water partition coefficient (Wildman–Crippen LogP) is 3.08. The summed E-state index contributed by atoms with van der Waals surface area (Å²) in [6.07, 6.45) is 2.30. The van der Waals surface area contributed by atoms with Crippen LogP contribution in [0.3, 0.4) is 0 Å². The van der Waals surface area contributed by atoms with Gasteiger partial charge in [0.05, 0.1) is 6.61 Å². The Kier molecular flexibility index (Phi) is 2.09. The van der Waals surface area contributed by atoms with Crippen molar-refractivity contribution in [3.8, 4) is 5.75 Å². The second-order valence-corrected chi connectivity index (χ2v) is 3.97. The monoisotopic (exact) mass is 226 g/mol. The van der Waals surface area contributed by atoms with Gasteiger partial charge >= 0.3 is 0 Å². The highest BCUT2D eigenvalue weighted by molar-refractivity contribution is 9.10. The van der Waals surface area contributed by atoms with Crippen molar-refractivity contribution in [1.82, 2.24) is 0 Å². The molecule has 0 aliphatic carbocycles. The molecule has 0 N–H and O–H groups in total. The summed E-state index contributed by atoms with van der Waals surface area (Å²) in [7, 11) is 0. The van der Waals surface area contributed by atoms with Gasteiger partial charge in [-0.15, -0.1) is 0 Å². The largest absolute Gasteiger partial charge is 0.493 e. The van der Waals surface area contributed by atoms with Gasteiger partial charge in [0.25, 0.3) is 0 Å². The molecule has 1 nitrogen and oxygen atoms in total. The molecule has 1 heterocycles. The summed E-state index contributed by atoms with van der Waals surface area (Å²) in [5.74, 6) is 1.09. The van der Waals surface area contributed by atoms with Crippen molar-refractivity contribution < 1.29 is 4.74 Å². The van der Waals surface area contributed by atoms with E-state index in [0.717, 1.165) is 29.7 Å². The molecule has 12 heavy (non-hydrogen) atoms. The van der Waals surface area contributed by atoms with Crippen LogP contribution >= 0.6 is 15.9 Å². The van der Waals surface area contributed by atoms with Crippen LogP contribution in [0.4, 0.5) is 0 Å². The smallest absolute Gasteiger partial charge is 0.126 e. The van der Waals surface area contributed by atoms with E-state index >= 15 is 0 Å². The van der Waals surface area contributed by atoms with Gasteiger partial charge in [-0.3, -0.25) is 0 Å². The summed E-state index contributed by atoms with van der Waals surface area (Å²) in [6, 6.07) is 4.24. The molecule has 64 valence electrons. The molecule has 0 atom stereocenters. The lowest BCUT2D eigenvalue weighted by atomic mass is 10.0. The van der Waals surface area contributed by atoms with Crippen molar-refractivity contribution in [2.45, 2.75) is 19.8 Å². The second kappa shape index (κ2) is 3.09. The van der Waals surface area contributed by atoms with Gasteiger partial charge in [0, 0.05) is 10.0 Å². The van der Waals surface area contributed by atoms with E-state index in [-0.39, 0.29) is 0 Å². The first-order chi connectivity index (χ1) is 5.79. The minimum Gasteiger partial charge on any atom is -0.493 e. The molecule has 0 radical (unpaired) electrons. The zero-order valence-corrected chi connectivity index (χ0v) is 8.65. The lowest BCUT2D eigenvalue weighted by Gasteiger charge is -2.19. The van der Waals surface area contributed by atoms with E-state index in [1.807, 2.05) is 0 Å². The fourth-order valence-corrected chi connectivity index (χ4v) is 1.87. The number of aryl methyl sites for hydroxylation is 1. The maximum absolute atomic E-state index is 5.61. The third kappa shape index (κ3) is 1.24. The summed E-state index contributed by atoms with van der Waals surface area (Å²) in [4.78, 5) is 0. The van der Waals surface area contributed by atoms with Crippen LogP contribution in [0.5, 0.6) is 5.75 Å². The highest BCUT2D eigenvalue weighted by Crippen LogP contribution is 2.32. The highest BCUT2D eigenvalue weighted by atomic mass is 79.9. The molecular formula is C10H11BrO. The first-order valence-electron chi connectivity index (χ1n) is 4.20. The Hall–Kier alpha value is -0.500. The van der Waals surface area contributed by atoms with E-state index in [2.05, 4.69) is 35.0 Å². The first kappa shape index (κ1) is 8.11. The molecule has 1 aliphatic heterocycles. The minimum atomic E-state index is 0.865. The third-order valence-corrected chi connectivity index (χ3v) is 3.12. The molecule has 1 aromatic rings. The zero-order chi connectivity index (χ0) is 8.55. The molecule has 1 aromatic carbocycles. The Morgan fingerprint density at radius 3 is 3.08 bits per heavy atom. The summed E-state index contributed by atoms with van der Waals surface area (Å²) in [5.41, 5.74) is 2.58. The Labute approximate surface area is 80.9 Å². The quantitative estimate of drug-likeness (QED) is 0.661. The maximum atomic E-state index is 5.61. The molecule has 0 saturated heterocycles. The first-order valence-corrected chi connectivity index (χ1v) is 4.99. The van der Waals surface area contributed by atoms with Crippen LogP contribution in [-0.4, -0.2) is 6.61 Å². The highest BCUT2D eigenvalue weighted by Gasteiger charge is 2.13. The Morgan fingerprint density at radius 1 is 1.42 bits per heavy atom. The molecule has 0 bridgehead atoms. The van der Waals surface area contributed by atoms with Crippen molar-refractivity contribution in [3.05, 3.63) is 27.7 Å². The summed E-state index contributed by atoms with van der Waals surface area (Å²) in [5, 5.41) is 0. The third-order valence-electron chi connectivity index (χ3n) is 2.26. The van der Waals surface area contributed by atoms with Crippen molar-refractivity contribution in [3.63, 3.8) is 0 Å². The van der Waals surface area contributed by atoms with Gasteiger partial charge < -0.3 is 4.74 Å². The summed E-state index contributed by atoms with van der Waals surface area (Å²) in [6.45, 7) is 2.96. The molecule has 1 aliphatic rings. The number of benzene rings is 1. The van der Waals surface area contributed by atoms with Gasteiger partial charge in [0.15, 0.2) is 0 Å². The SMILES string of the molecule is Cc1c(Br)ccc2c1OCCC2. The van der Waals surface area contributed by atoms with Crippen molar-refractivity contribution in [2.75, 3.05) is 6.61 Å². The van der Waals surface area contributed by atoms with E-state index in [0.29, 0.717) is 0 Å². The zero-order valence-electron chi connectivity index (χ0n) is 7.06. The van der Waals surface area contributed by atoms with Gasteiger partial charge in [-0.1, -0.05) is 22.0 Å². The topological polar surface area (TPSA) is 9.23 Å². The van der Waals surface area contributed by atoms with Crippen LogP contribution in [0.2, 0.25) is 0 Å². The number of hydrogen-bond acceptors (Lipinski definition) is 1. The van der Waals surface area contributed by atoms with Crippen LogP contribution in [0.25, 0.3) is 0 Å². The van der Waals surface area contributed by atoms with Crippen LogP contribution < -0.4 is 4.74 Å². The number of fused-ring (bicyclic) bond motifs is 1. The van der Waals surface area contributed by atoms with E-state index in [1.165, 1.54) is 11.1 Å². The second-order valence-electron chi connectivity index (χ2n) is 3.11. The van der Waals surface area contributed by atoms with Gasteiger partial charge in [-0.05, 0) is 31.4 Å². The van der Waals surface area contributed by atoms with Crippen molar-refractivity contribution in [1.29, 1.82) is 0 Å². The van der Waals surface area contributed by atoms with E-state index < -0.39 is 0 Å². The maximum Gasteiger partial charge on any atom is 0.126 e. The molecule has 2 heteroatoms. The standard InChI is InChI=1S/C10H11BrO/c1-7-9(11)5-4-8-3-2-6-12-10(7)8/h4-5H,2-3,6H2,1H3. The van der Waals surface area contributed by atoms with E-state index in [9.17, 15) is 0 Å². The normalized spacial score (nSPS) is 15.2. The van der Waals surface area contributed by atoms with Crippen LogP contribution in [0.1, 0.15) is 17.5 Å². The predicted molar refractivity (Wildman–Crippen MR) is 52.7 cm³/mol. The molecule has 0 spiro atoms. The van der Waals surface area contributed by atoms with Gasteiger partial charge in [0.1, 0.15) is 5.75 Å². The lowest BCUT2D eigenvalue weighted by molar-refractivity contribution is 0.286. The average Bonchev–Trinajstić information content (AvgIpc) is 2.12. The number of halogens is 1. The fourth-order valence-electron chi connectivity index (χ4n) is 1.56. The van der Waals surface area contributed by atoms with Gasteiger partial charge in [-0.25, -0.2) is 0 Å². The fraction of sp³-hybridized carbons (Fsp3) is 0.400. The number of hydrogen-bond donors (Lipinski definition) is 0. The summed E-state index contributed by atoms with van der Waals surface area (Å²) >= 11 is 3.49. The molecule has 0 unspecified atom stereocenters. The molecule has 0 aromatic heterocycles. The van der Waals surface area contributed by atoms with Crippen molar-refractivity contribution >= 4 is 15.9 Å². The van der Waals surface area contributed by atoms with Gasteiger partial charge in [-0.2, -0.15) is 0 Å². The average molecular weight is 227 g/mol. The molecular weight excluding hydrogens is 216 g/mol. The van der Waals surface area contributed by atoms with E-state index in [1.54, 1.807) is 0 Å². The van der Waals surface area contributed by atoms with Gasteiger partial charge in [0.2, 0.25) is 0 Å². The number of ether oxygens (including phenoxy) is 1. The molecule has 2 rings (SSSR count). The Balaban J connectivity index is 2.54.